The van der Waals surface area contributed by atoms with Crippen LogP contribution in [0.25, 0.3) is 11.3 Å². The van der Waals surface area contributed by atoms with Gasteiger partial charge in [-0.3, -0.25) is 4.79 Å². The van der Waals surface area contributed by atoms with Crippen LogP contribution in [0.5, 0.6) is 0 Å². The molecule has 1 aromatic carbocycles. The van der Waals surface area contributed by atoms with Crippen molar-refractivity contribution in [2.75, 3.05) is 6.54 Å². The number of unbranched alkanes of at least 4 members (excludes halogenated alkanes) is 1. The van der Waals surface area contributed by atoms with Crippen LogP contribution < -0.4 is 11.1 Å². The third-order valence-electron chi connectivity index (χ3n) is 3.81. The second-order valence-electron chi connectivity index (χ2n) is 5.74. The molecule has 0 aliphatic rings. The summed E-state index contributed by atoms with van der Waals surface area (Å²) in [6.45, 7) is 2.59. The predicted octanol–water partition coefficient (Wildman–Crippen LogP) is 3.67. The number of amides is 1. The van der Waals surface area contributed by atoms with Gasteiger partial charge in [0.1, 0.15) is 0 Å². The Morgan fingerprint density at radius 1 is 1.42 bits per heavy atom. The van der Waals surface area contributed by atoms with E-state index in [0.29, 0.717) is 31.0 Å². The number of nitrogens with two attached hydrogens (primary N) is 1. The summed E-state index contributed by atoms with van der Waals surface area (Å²) in [5.41, 5.74) is 6.65. The van der Waals surface area contributed by atoms with E-state index in [1.807, 2.05) is 24.3 Å². The van der Waals surface area contributed by atoms with E-state index in [-0.39, 0.29) is 11.9 Å². The number of aromatic nitrogens is 1. The van der Waals surface area contributed by atoms with E-state index in [9.17, 15) is 4.79 Å². The van der Waals surface area contributed by atoms with Gasteiger partial charge in [-0.25, -0.2) is 4.98 Å². The summed E-state index contributed by atoms with van der Waals surface area (Å²) in [4.78, 5) is 16.3. The number of hydrogen-bond acceptors (Lipinski definition) is 4. The van der Waals surface area contributed by atoms with Gasteiger partial charge in [0.15, 0.2) is 11.7 Å². The largest absolute Gasteiger partial charge is 0.441 e. The highest BCUT2D eigenvalue weighted by atomic mass is 79.9. The van der Waals surface area contributed by atoms with Crippen molar-refractivity contribution in [2.45, 2.75) is 45.1 Å². The van der Waals surface area contributed by atoms with E-state index in [4.69, 9.17) is 10.2 Å². The highest BCUT2D eigenvalue weighted by Crippen LogP contribution is 2.28. The third kappa shape index (κ3) is 5.46. The number of nitrogens with zero attached hydrogens (tertiary/aromatic N) is 1. The van der Waals surface area contributed by atoms with Gasteiger partial charge in [-0.05, 0) is 12.5 Å². The number of aryl methyl sites for hydroxylation is 1. The Morgan fingerprint density at radius 2 is 2.21 bits per heavy atom. The molecule has 3 N–H and O–H groups in total. The molecule has 1 amide bonds. The van der Waals surface area contributed by atoms with Crippen molar-refractivity contribution in [3.8, 4) is 11.3 Å². The minimum Gasteiger partial charge on any atom is -0.441 e. The normalized spacial score (nSPS) is 12.1. The van der Waals surface area contributed by atoms with Gasteiger partial charge in [0.2, 0.25) is 5.91 Å². The molecule has 0 saturated heterocycles. The van der Waals surface area contributed by atoms with E-state index in [1.54, 1.807) is 6.20 Å². The van der Waals surface area contributed by atoms with Crippen LogP contribution in [0.2, 0.25) is 0 Å². The fourth-order valence-electron chi connectivity index (χ4n) is 2.43. The molecule has 130 valence electrons. The van der Waals surface area contributed by atoms with Crippen LogP contribution in [-0.4, -0.2) is 23.5 Å². The van der Waals surface area contributed by atoms with Gasteiger partial charge in [-0.1, -0.05) is 53.9 Å². The highest BCUT2D eigenvalue weighted by molar-refractivity contribution is 9.10. The van der Waals surface area contributed by atoms with Gasteiger partial charge in [-0.15, -0.1) is 0 Å². The lowest BCUT2D eigenvalue weighted by molar-refractivity contribution is -0.121. The Hall–Kier alpha value is -1.66. The zero-order valence-electron chi connectivity index (χ0n) is 13.9. The molecule has 24 heavy (non-hydrogen) atoms. The average molecular weight is 394 g/mol. The lowest BCUT2D eigenvalue weighted by Crippen LogP contribution is -2.40. The van der Waals surface area contributed by atoms with Crippen molar-refractivity contribution in [3.63, 3.8) is 0 Å². The first-order valence-electron chi connectivity index (χ1n) is 8.33. The quantitative estimate of drug-likeness (QED) is 0.680. The van der Waals surface area contributed by atoms with Gasteiger partial charge in [0.25, 0.3) is 0 Å². The molecule has 2 rings (SSSR count). The van der Waals surface area contributed by atoms with E-state index in [0.717, 1.165) is 29.3 Å². The molecule has 1 heterocycles. The standard InChI is InChI=1S/C18H24BrN3O2/c1-2-3-6-13(11-20)22-17(23)9-10-18-21-12-16(24-18)14-7-4-5-8-15(14)19/h4-5,7-8,12-13H,2-3,6,9-11,20H2,1H3,(H,22,23). The number of halogens is 1. The molecule has 1 atom stereocenters. The maximum Gasteiger partial charge on any atom is 0.220 e. The summed E-state index contributed by atoms with van der Waals surface area (Å²) < 4.78 is 6.70. The number of nitrogens with one attached hydrogen (secondary N) is 1. The van der Waals surface area contributed by atoms with Crippen LogP contribution in [0.15, 0.2) is 39.4 Å². The third-order valence-corrected chi connectivity index (χ3v) is 4.51. The van der Waals surface area contributed by atoms with Crippen molar-refractivity contribution < 1.29 is 9.21 Å². The van der Waals surface area contributed by atoms with Crippen LogP contribution in [-0.2, 0) is 11.2 Å². The summed E-state index contributed by atoms with van der Waals surface area (Å²) in [7, 11) is 0. The summed E-state index contributed by atoms with van der Waals surface area (Å²) in [6, 6.07) is 7.85. The Bertz CT molecular complexity index is 657. The van der Waals surface area contributed by atoms with Crippen molar-refractivity contribution in [3.05, 3.63) is 40.8 Å². The maximum absolute atomic E-state index is 12.0. The molecule has 0 saturated carbocycles. The summed E-state index contributed by atoms with van der Waals surface area (Å²) in [6.07, 6.45) is 5.60. The van der Waals surface area contributed by atoms with Gasteiger partial charge in [0.05, 0.1) is 6.20 Å². The summed E-state index contributed by atoms with van der Waals surface area (Å²) >= 11 is 3.50. The fraction of sp³-hybridized carbons (Fsp3) is 0.444. The summed E-state index contributed by atoms with van der Waals surface area (Å²) in [5, 5.41) is 2.98. The molecule has 2 aromatic rings. The lowest BCUT2D eigenvalue weighted by Gasteiger charge is -2.16. The van der Waals surface area contributed by atoms with Crippen molar-refractivity contribution in [1.29, 1.82) is 0 Å². The summed E-state index contributed by atoms with van der Waals surface area (Å²) in [5.74, 6) is 1.25. The second-order valence-corrected chi connectivity index (χ2v) is 6.59. The zero-order chi connectivity index (χ0) is 17.4. The smallest absolute Gasteiger partial charge is 0.220 e. The van der Waals surface area contributed by atoms with E-state index in [1.165, 1.54) is 0 Å². The molecule has 0 fully saturated rings. The number of benzene rings is 1. The van der Waals surface area contributed by atoms with Crippen molar-refractivity contribution in [1.82, 2.24) is 10.3 Å². The van der Waals surface area contributed by atoms with Crippen molar-refractivity contribution in [2.24, 2.45) is 5.73 Å². The Labute approximate surface area is 151 Å². The minimum atomic E-state index is -0.0119. The fourth-order valence-corrected chi connectivity index (χ4v) is 2.91. The first-order valence-corrected chi connectivity index (χ1v) is 9.12. The number of oxazole rings is 1. The Morgan fingerprint density at radius 3 is 2.92 bits per heavy atom. The molecule has 1 aromatic heterocycles. The van der Waals surface area contributed by atoms with Crippen LogP contribution in [0.1, 0.15) is 38.5 Å². The molecule has 0 aliphatic heterocycles. The molecule has 0 radical (unpaired) electrons. The second kappa shape index (κ2) is 9.59. The number of carbonyl (C=O) groups excluding carboxylic acids is 1. The maximum atomic E-state index is 12.0. The first kappa shape index (κ1) is 18.7. The van der Waals surface area contributed by atoms with Gasteiger partial charge in [0, 0.05) is 35.5 Å². The van der Waals surface area contributed by atoms with Gasteiger partial charge in [-0.2, -0.15) is 0 Å². The molecule has 5 nitrogen and oxygen atoms in total. The molecule has 1 unspecified atom stereocenters. The van der Waals surface area contributed by atoms with E-state index in [2.05, 4.69) is 33.2 Å². The van der Waals surface area contributed by atoms with Crippen LogP contribution in [0.3, 0.4) is 0 Å². The molecular weight excluding hydrogens is 370 g/mol. The Balaban J connectivity index is 1.87. The minimum absolute atomic E-state index is 0.0119. The lowest BCUT2D eigenvalue weighted by atomic mass is 10.1. The number of carbonyl (C=O) groups is 1. The van der Waals surface area contributed by atoms with E-state index >= 15 is 0 Å². The average Bonchev–Trinajstić information content (AvgIpc) is 3.06. The number of rotatable bonds is 9. The van der Waals surface area contributed by atoms with Gasteiger partial charge >= 0.3 is 0 Å². The SMILES string of the molecule is CCCCC(CN)NC(=O)CCc1ncc(-c2ccccc2Br)o1. The van der Waals surface area contributed by atoms with Crippen molar-refractivity contribution >= 4 is 21.8 Å². The zero-order valence-corrected chi connectivity index (χ0v) is 15.5. The molecular formula is C18H24BrN3O2. The first-order chi connectivity index (χ1) is 11.6. The molecule has 6 heteroatoms. The Kier molecular flexibility index (Phi) is 7.46. The predicted molar refractivity (Wildman–Crippen MR) is 98.5 cm³/mol. The van der Waals surface area contributed by atoms with Crippen LogP contribution >= 0.6 is 15.9 Å². The molecule has 0 bridgehead atoms. The van der Waals surface area contributed by atoms with Crippen LogP contribution in [0, 0.1) is 0 Å². The van der Waals surface area contributed by atoms with Gasteiger partial charge < -0.3 is 15.5 Å². The number of hydrogen-bond donors (Lipinski definition) is 2. The van der Waals surface area contributed by atoms with Crippen LogP contribution in [0.4, 0.5) is 0 Å². The van der Waals surface area contributed by atoms with E-state index < -0.39 is 0 Å². The monoisotopic (exact) mass is 393 g/mol. The molecule has 0 spiro atoms. The topological polar surface area (TPSA) is 81.1 Å². The highest BCUT2D eigenvalue weighted by Gasteiger charge is 2.13. The molecule has 0 aliphatic carbocycles.